The summed E-state index contributed by atoms with van der Waals surface area (Å²) in [4.78, 5) is 68.9. The van der Waals surface area contributed by atoms with Gasteiger partial charge in [-0.1, -0.05) is 34.9 Å². The highest BCUT2D eigenvalue weighted by atomic mass is 16.7. The van der Waals surface area contributed by atoms with Crippen molar-refractivity contribution in [3.63, 3.8) is 0 Å². The number of ketones is 6. The average Bonchev–Trinajstić information content (AvgIpc) is 0.801. The van der Waals surface area contributed by atoms with Gasteiger partial charge in [0, 0.05) is 62.3 Å². The van der Waals surface area contributed by atoms with Crippen molar-refractivity contribution in [2.45, 2.75) is 143 Å². The molecule has 104 heavy (non-hydrogen) atoms. The number of methoxy groups -OCH3 is 6. The summed E-state index contributed by atoms with van der Waals surface area (Å²) in [7, 11) is 8.95. The largest absolute Gasteiger partial charge is 0.508 e. The highest BCUT2D eigenvalue weighted by Gasteiger charge is 2.29. The molecule has 0 radical (unpaired) electrons. The van der Waals surface area contributed by atoms with Gasteiger partial charge in [-0.2, -0.15) is 0 Å². The molecule has 0 amide bonds. The van der Waals surface area contributed by atoms with Crippen LogP contribution in [0.4, 0.5) is 0 Å². The maximum atomic E-state index is 12.0. The second-order valence-corrected chi connectivity index (χ2v) is 25.0. The molecular formula is C80H102O24. The number of benzene rings is 6. The van der Waals surface area contributed by atoms with E-state index < -0.39 is 22.9 Å². The van der Waals surface area contributed by atoms with Crippen LogP contribution >= 0.6 is 0 Å². The van der Waals surface area contributed by atoms with Crippen molar-refractivity contribution in [2.24, 2.45) is 0 Å². The lowest BCUT2D eigenvalue weighted by molar-refractivity contribution is 0.0491. The van der Waals surface area contributed by atoms with E-state index >= 15 is 0 Å². The maximum absolute atomic E-state index is 12.0. The Morgan fingerprint density at radius 1 is 0.394 bits per heavy atom. The van der Waals surface area contributed by atoms with Gasteiger partial charge >= 0.3 is 0 Å². The van der Waals surface area contributed by atoms with Crippen LogP contribution in [0.3, 0.4) is 0 Å². The van der Waals surface area contributed by atoms with Gasteiger partial charge in [0.05, 0.1) is 26.9 Å². The molecular weight excluding hydrogens is 1340 g/mol. The van der Waals surface area contributed by atoms with Crippen LogP contribution < -0.4 is 33.2 Å². The Kier molecular flexibility index (Phi) is 36.0. The van der Waals surface area contributed by atoms with E-state index in [9.17, 15) is 54.3 Å². The van der Waals surface area contributed by atoms with Gasteiger partial charge in [0.25, 0.3) is 0 Å². The average molecular weight is 1450 g/mol. The molecule has 0 saturated heterocycles. The molecule has 0 saturated carbocycles. The molecule has 566 valence electrons. The summed E-state index contributed by atoms with van der Waals surface area (Å²) < 4.78 is 52.3. The van der Waals surface area contributed by atoms with E-state index in [0.717, 1.165) is 45.5 Å². The van der Waals surface area contributed by atoms with Crippen LogP contribution in [0.15, 0.2) is 89.6 Å². The van der Waals surface area contributed by atoms with Gasteiger partial charge in [-0.25, -0.2) is 0 Å². The third kappa shape index (κ3) is 25.9. The van der Waals surface area contributed by atoms with Crippen molar-refractivity contribution in [1.29, 1.82) is 0 Å². The first-order chi connectivity index (χ1) is 48.6. The number of phenolic OH excluding ortho intramolecular Hbond substituents is 8. The van der Waals surface area contributed by atoms with Crippen molar-refractivity contribution in [1.82, 2.24) is 0 Å². The molecule has 1 aliphatic heterocycles. The van der Waals surface area contributed by atoms with E-state index in [1.807, 2.05) is 94.4 Å². The molecule has 0 atom stereocenters. The number of hydrogen-bond acceptors (Lipinski definition) is 24. The van der Waals surface area contributed by atoms with Crippen LogP contribution in [-0.4, -0.2) is 144 Å². The third-order valence-corrected chi connectivity index (χ3v) is 15.0. The Bertz CT molecular complexity index is 4150. The zero-order valence-electron chi connectivity index (χ0n) is 63.9. The van der Waals surface area contributed by atoms with E-state index in [4.69, 9.17) is 62.7 Å². The van der Waals surface area contributed by atoms with Gasteiger partial charge in [-0.05, 0) is 190 Å². The molecule has 24 nitrogen and oxygen atoms in total. The summed E-state index contributed by atoms with van der Waals surface area (Å²) in [5.41, 5.74) is 9.47. The molecule has 1 aliphatic rings. The van der Waals surface area contributed by atoms with Crippen LogP contribution in [0.5, 0.6) is 86.2 Å². The summed E-state index contributed by atoms with van der Waals surface area (Å²) in [5.74, 6) is -0.301. The summed E-state index contributed by atoms with van der Waals surface area (Å²) in [6.45, 7) is 29.9. The Balaban J connectivity index is 0.000000427. The minimum Gasteiger partial charge on any atom is -0.508 e. The Hall–Kier alpha value is -10.8. The fourth-order valence-electron chi connectivity index (χ4n) is 10.1. The first-order valence-electron chi connectivity index (χ1n) is 32.5. The van der Waals surface area contributed by atoms with E-state index in [1.54, 1.807) is 38.5 Å². The molecule has 0 unspecified atom stereocenters. The summed E-state index contributed by atoms with van der Waals surface area (Å²) >= 11 is 0. The predicted molar refractivity (Wildman–Crippen MR) is 397 cm³/mol. The standard InChI is InChI=1S/C17H24O4.C16H22O4.C14H16O4.C14H18O4.C11H14O4.C8H8O4/c1-11(2)7-8-14-12(3)9-15(20-6)16(13(4)18)17(14)21-10-19-5;1-10(2)6-7-13-11(3)8-14(18)15(12(4)17)16(13)20-9-19-5;1-8(15)12-11(17-4)7-10-9(13(12)16)5-6-14(2,3)18-10;1-8(2)5-6-10-11(16)7-12(18-4)13(9(3)15)14(10)17;1-7-4-9(13)11(8(2)12)10(5-7)15-6-14-3;1-4(9)8-6(11)2-5(10)3-7(8)12/h7,9H,8,10H2,1-6H3;6,8,18H,7,9H2,1-5H3;5-7,16H,1-4H3;5,7,16-17H,6H2,1-4H3;4-5,13H,6H2,1-3H3;2-3,10-12H,1H3. The Morgan fingerprint density at radius 2 is 0.769 bits per heavy atom. The van der Waals surface area contributed by atoms with Crippen molar-refractivity contribution in [2.75, 3.05) is 63.0 Å². The lowest BCUT2D eigenvalue weighted by Crippen LogP contribution is -2.27. The first kappa shape index (κ1) is 89.3. The topological polar surface area (TPSA) is 357 Å². The number of carbonyl (C=O) groups is 6. The van der Waals surface area contributed by atoms with E-state index in [1.165, 1.54) is 93.3 Å². The van der Waals surface area contributed by atoms with Crippen molar-refractivity contribution < 1.29 is 117 Å². The summed E-state index contributed by atoms with van der Waals surface area (Å²) in [5, 5.41) is 76.7. The van der Waals surface area contributed by atoms with Gasteiger partial charge in [0.1, 0.15) is 125 Å². The number of rotatable bonds is 24. The fraction of sp³-hybridized carbons (Fsp3) is 0.375. The normalized spacial score (nSPS) is 11.1. The maximum Gasteiger partial charge on any atom is 0.188 e. The van der Waals surface area contributed by atoms with E-state index in [0.29, 0.717) is 70.4 Å². The summed E-state index contributed by atoms with van der Waals surface area (Å²) in [6.07, 6.45) is 11.4. The number of allylic oxidation sites excluding steroid dienone is 6. The molecule has 7 rings (SSSR count). The second-order valence-electron chi connectivity index (χ2n) is 25.0. The van der Waals surface area contributed by atoms with Gasteiger partial charge in [-0.15, -0.1) is 0 Å². The Labute approximate surface area is 608 Å². The first-order valence-corrected chi connectivity index (χ1v) is 32.5. The fourth-order valence-corrected chi connectivity index (χ4v) is 10.1. The SMILES string of the molecule is CC(=O)c1c(O)cc(O)cc1O.COCOc1c(CC=C(C)C)c(C)cc(O)c1C(C)=O.COCOc1c(CC=C(C)C)c(C)cc(OC)c1C(C)=O.COCOc1cc(C)cc(O)c1C(C)=O.COc1cc(O)c(CC=C(C)C)c(O)c1C(C)=O.COc1cc2c(c(O)c1C(C)=O)C=CC(C)(C)O2. The van der Waals surface area contributed by atoms with Crippen LogP contribution in [0.1, 0.15) is 198 Å². The quantitative estimate of drug-likeness (QED) is 0.0158. The molecule has 6 aromatic rings. The highest BCUT2D eigenvalue weighted by molar-refractivity contribution is 6.03. The van der Waals surface area contributed by atoms with Crippen molar-refractivity contribution in [3.8, 4) is 86.2 Å². The lowest BCUT2D eigenvalue weighted by Gasteiger charge is -2.29. The number of aromatic hydroxyl groups is 8. The molecule has 0 bridgehead atoms. The number of ether oxygens (including phenoxy) is 10. The van der Waals surface area contributed by atoms with Gasteiger partial charge in [-0.3, -0.25) is 28.8 Å². The minimum atomic E-state index is -0.454. The second kappa shape index (κ2) is 41.9. The highest BCUT2D eigenvalue weighted by Crippen LogP contribution is 2.45. The Morgan fingerprint density at radius 3 is 1.19 bits per heavy atom. The number of hydrogen-bond donors (Lipinski definition) is 8. The summed E-state index contributed by atoms with van der Waals surface area (Å²) in [6, 6.07) is 11.7. The lowest BCUT2D eigenvalue weighted by atomic mass is 9.96. The smallest absolute Gasteiger partial charge is 0.188 e. The third-order valence-electron chi connectivity index (χ3n) is 15.0. The van der Waals surface area contributed by atoms with Crippen molar-refractivity contribution >= 4 is 40.8 Å². The zero-order chi connectivity index (χ0) is 79.4. The van der Waals surface area contributed by atoms with Crippen LogP contribution in [0, 0.1) is 20.8 Å². The monoisotopic (exact) mass is 1450 g/mol. The van der Waals surface area contributed by atoms with E-state index in [2.05, 4.69) is 12.2 Å². The number of phenols is 8. The van der Waals surface area contributed by atoms with Gasteiger partial charge in [0.15, 0.2) is 55.1 Å². The number of aryl methyl sites for hydroxylation is 3. The van der Waals surface area contributed by atoms with Gasteiger partial charge < -0.3 is 88.2 Å². The van der Waals surface area contributed by atoms with Crippen molar-refractivity contribution in [3.05, 3.63) is 162 Å². The number of fused-ring (bicyclic) bond motifs is 1. The zero-order valence-corrected chi connectivity index (χ0v) is 63.9. The number of Topliss-reactive ketones (excluding diaryl/α,β-unsaturated/α-hetero) is 6. The molecule has 0 spiro atoms. The molecule has 6 aromatic carbocycles. The number of carbonyl (C=O) groups excluding carboxylic acids is 6. The molecule has 0 fully saturated rings. The minimum absolute atomic E-state index is 0.0327. The predicted octanol–water partition coefficient (Wildman–Crippen LogP) is 15.6. The molecule has 0 aromatic heterocycles. The van der Waals surface area contributed by atoms with Crippen LogP contribution in [0.25, 0.3) is 6.08 Å². The van der Waals surface area contributed by atoms with Crippen LogP contribution in [-0.2, 0) is 33.5 Å². The van der Waals surface area contributed by atoms with E-state index in [-0.39, 0.29) is 117 Å². The van der Waals surface area contributed by atoms with Crippen LogP contribution in [0.2, 0.25) is 0 Å². The molecule has 8 N–H and O–H groups in total. The molecule has 1 heterocycles. The molecule has 24 heteroatoms. The van der Waals surface area contributed by atoms with Gasteiger partial charge in [0.2, 0.25) is 0 Å². The molecule has 0 aliphatic carbocycles.